The average molecular weight is 388 g/mol. The van der Waals surface area contributed by atoms with Crippen LogP contribution >= 0.6 is 11.3 Å². The van der Waals surface area contributed by atoms with Gasteiger partial charge in [-0.25, -0.2) is 0 Å². The summed E-state index contributed by atoms with van der Waals surface area (Å²) in [5.41, 5.74) is 0.306. The largest absolute Gasteiger partial charge is 0.323 e. The van der Waals surface area contributed by atoms with Gasteiger partial charge in [0.15, 0.2) is 0 Å². The molecule has 1 aromatic rings. The smallest absolute Gasteiger partial charge is 0.252 e. The van der Waals surface area contributed by atoms with Crippen molar-refractivity contribution in [3.63, 3.8) is 0 Å². The Morgan fingerprint density at radius 3 is 2.78 bits per heavy atom. The summed E-state index contributed by atoms with van der Waals surface area (Å²) < 4.78 is 0. The van der Waals surface area contributed by atoms with Crippen molar-refractivity contribution in [3.05, 3.63) is 16.8 Å². The number of amides is 1. The standard InChI is InChI=1S/C22H33N3OS/c1-13(2)8-19-20-18-10-23-22(19,21(26)24-16-6-7-27-12-16)9-17(18)15(5)25(20)11-14(3)4/h6-7,10,12-15,17-20H,8-9,11H2,1-5H3,(H,24,26). The third-order valence-electron chi connectivity index (χ3n) is 6.94. The number of aliphatic imine (C=N–C) groups is 1. The molecule has 1 N–H and O–H groups in total. The molecule has 0 aromatic carbocycles. The van der Waals surface area contributed by atoms with Crippen molar-refractivity contribution in [3.8, 4) is 0 Å². The van der Waals surface area contributed by atoms with Crippen LogP contribution in [-0.4, -0.2) is 41.2 Å². The van der Waals surface area contributed by atoms with Gasteiger partial charge in [0, 0.05) is 42.1 Å². The predicted molar refractivity (Wildman–Crippen MR) is 114 cm³/mol. The molecule has 5 rings (SSSR count). The molecule has 1 saturated carbocycles. The van der Waals surface area contributed by atoms with E-state index in [9.17, 15) is 4.79 Å². The van der Waals surface area contributed by atoms with Crippen LogP contribution in [0.1, 0.15) is 47.5 Å². The highest BCUT2D eigenvalue weighted by Gasteiger charge is 2.65. The number of hydrogen-bond donors (Lipinski definition) is 1. The molecule has 6 atom stereocenters. The van der Waals surface area contributed by atoms with Gasteiger partial charge < -0.3 is 5.32 Å². The van der Waals surface area contributed by atoms with Crippen molar-refractivity contribution in [1.29, 1.82) is 0 Å². The van der Waals surface area contributed by atoms with Crippen molar-refractivity contribution in [1.82, 2.24) is 4.90 Å². The molecule has 4 bridgehead atoms. The summed E-state index contributed by atoms with van der Waals surface area (Å²) in [6.45, 7) is 12.6. The maximum atomic E-state index is 13.6. The molecular formula is C22H33N3OS. The Labute approximate surface area is 167 Å². The van der Waals surface area contributed by atoms with Crippen LogP contribution in [0.4, 0.5) is 5.69 Å². The van der Waals surface area contributed by atoms with Crippen molar-refractivity contribution in [2.24, 2.45) is 34.6 Å². The Bertz CT molecular complexity index is 713. The molecule has 0 radical (unpaired) electrons. The highest BCUT2D eigenvalue weighted by molar-refractivity contribution is 7.08. The highest BCUT2D eigenvalue weighted by Crippen LogP contribution is 2.57. The molecule has 3 aliphatic heterocycles. The lowest BCUT2D eigenvalue weighted by atomic mass is 9.58. The molecule has 1 aliphatic carbocycles. The maximum Gasteiger partial charge on any atom is 0.252 e. The van der Waals surface area contributed by atoms with Crippen LogP contribution in [0.2, 0.25) is 0 Å². The minimum absolute atomic E-state index is 0.106. The molecule has 5 heteroatoms. The van der Waals surface area contributed by atoms with Gasteiger partial charge in [-0.2, -0.15) is 11.3 Å². The van der Waals surface area contributed by atoms with E-state index < -0.39 is 5.54 Å². The number of carbonyl (C=O) groups excluding carboxylic acids is 1. The topological polar surface area (TPSA) is 44.7 Å². The van der Waals surface area contributed by atoms with Gasteiger partial charge in [0.2, 0.25) is 0 Å². The summed E-state index contributed by atoms with van der Waals surface area (Å²) >= 11 is 1.62. The van der Waals surface area contributed by atoms with Crippen molar-refractivity contribution in [2.75, 3.05) is 11.9 Å². The van der Waals surface area contributed by atoms with Crippen molar-refractivity contribution < 1.29 is 4.79 Å². The van der Waals surface area contributed by atoms with Crippen molar-refractivity contribution >= 4 is 29.1 Å². The number of hydrogen-bond acceptors (Lipinski definition) is 4. The Balaban J connectivity index is 1.71. The van der Waals surface area contributed by atoms with Gasteiger partial charge in [-0.1, -0.05) is 27.7 Å². The van der Waals surface area contributed by atoms with Crippen LogP contribution in [0, 0.1) is 29.6 Å². The predicted octanol–water partition coefficient (Wildman–Crippen LogP) is 4.54. The van der Waals surface area contributed by atoms with E-state index in [4.69, 9.17) is 4.99 Å². The summed E-state index contributed by atoms with van der Waals surface area (Å²) in [6, 6.07) is 2.96. The molecule has 4 nitrogen and oxygen atoms in total. The third kappa shape index (κ3) is 3.07. The van der Waals surface area contributed by atoms with Crippen LogP contribution in [-0.2, 0) is 4.79 Å². The van der Waals surface area contributed by atoms with Gasteiger partial charge in [0.1, 0.15) is 5.54 Å². The van der Waals surface area contributed by atoms with Gasteiger partial charge in [0.05, 0.1) is 5.69 Å². The summed E-state index contributed by atoms with van der Waals surface area (Å²) in [5.74, 6) is 2.66. The molecule has 4 aliphatic rings. The van der Waals surface area contributed by atoms with Crippen LogP contribution < -0.4 is 5.32 Å². The minimum atomic E-state index is -0.601. The lowest BCUT2D eigenvalue weighted by molar-refractivity contribution is -0.127. The molecule has 2 fully saturated rings. The SMILES string of the molecule is CC(C)CC1C2C3C=NC1(C(=O)Nc1ccsc1)CC3C(C)N2CC(C)C. The van der Waals surface area contributed by atoms with E-state index >= 15 is 0 Å². The van der Waals surface area contributed by atoms with E-state index in [2.05, 4.69) is 51.0 Å². The second-order valence-electron chi connectivity index (χ2n) is 9.67. The Morgan fingerprint density at radius 1 is 1.37 bits per heavy atom. The zero-order valence-electron chi connectivity index (χ0n) is 17.2. The average Bonchev–Trinajstić information content (AvgIpc) is 3.18. The zero-order chi connectivity index (χ0) is 19.3. The number of likely N-dealkylation sites (tertiary alicyclic amines) is 1. The maximum absolute atomic E-state index is 13.6. The van der Waals surface area contributed by atoms with Crippen LogP contribution in [0.15, 0.2) is 21.8 Å². The normalized spacial score (nSPS) is 37.5. The number of carbonyl (C=O) groups is 1. The second-order valence-corrected chi connectivity index (χ2v) is 10.5. The number of rotatable bonds is 6. The van der Waals surface area contributed by atoms with Crippen molar-refractivity contribution in [2.45, 2.75) is 65.1 Å². The van der Waals surface area contributed by atoms with Gasteiger partial charge in [0.25, 0.3) is 5.91 Å². The number of anilines is 1. The third-order valence-corrected chi connectivity index (χ3v) is 7.62. The van der Waals surface area contributed by atoms with Gasteiger partial charge in [-0.15, -0.1) is 0 Å². The van der Waals surface area contributed by atoms with Crippen LogP contribution in [0.5, 0.6) is 0 Å². The molecule has 27 heavy (non-hydrogen) atoms. The van der Waals surface area contributed by atoms with Gasteiger partial charge in [-0.3, -0.25) is 14.7 Å². The molecule has 1 saturated heterocycles. The molecule has 148 valence electrons. The molecule has 1 aromatic heterocycles. The van der Waals surface area contributed by atoms with E-state index in [1.165, 1.54) is 0 Å². The minimum Gasteiger partial charge on any atom is -0.323 e. The quantitative estimate of drug-likeness (QED) is 0.779. The van der Waals surface area contributed by atoms with E-state index in [1.54, 1.807) is 11.3 Å². The summed E-state index contributed by atoms with van der Waals surface area (Å²) in [4.78, 5) is 21.2. The highest BCUT2D eigenvalue weighted by atomic mass is 32.1. The monoisotopic (exact) mass is 387 g/mol. The molecular weight excluding hydrogens is 354 g/mol. The first-order valence-corrected chi connectivity index (χ1v) is 11.4. The van der Waals surface area contributed by atoms with E-state index in [0.717, 1.165) is 25.1 Å². The van der Waals surface area contributed by atoms with Gasteiger partial charge >= 0.3 is 0 Å². The fraction of sp³-hybridized carbons (Fsp3) is 0.727. The molecule has 1 amide bonds. The number of nitrogens with zero attached hydrogens (tertiary/aromatic N) is 2. The lowest BCUT2D eigenvalue weighted by Gasteiger charge is -2.51. The Kier molecular flexibility index (Phi) is 4.96. The fourth-order valence-corrected chi connectivity index (χ4v) is 6.51. The van der Waals surface area contributed by atoms with Crippen LogP contribution in [0.3, 0.4) is 0 Å². The molecule has 0 spiro atoms. The Hall–Kier alpha value is -1.20. The van der Waals surface area contributed by atoms with Crippen LogP contribution in [0.25, 0.3) is 0 Å². The van der Waals surface area contributed by atoms with E-state index in [1.807, 2.05) is 16.8 Å². The first kappa shape index (κ1) is 19.1. The first-order chi connectivity index (χ1) is 12.8. The molecule has 6 unspecified atom stereocenters. The number of nitrogens with one attached hydrogen (secondary N) is 1. The zero-order valence-corrected chi connectivity index (χ0v) is 18.0. The lowest BCUT2D eigenvalue weighted by Crippen LogP contribution is -2.62. The number of thiophene rings is 1. The Morgan fingerprint density at radius 2 is 2.15 bits per heavy atom. The summed E-state index contributed by atoms with van der Waals surface area (Å²) in [7, 11) is 0. The second kappa shape index (κ2) is 7.00. The molecule has 4 heterocycles. The van der Waals surface area contributed by atoms with Gasteiger partial charge in [-0.05, 0) is 49.0 Å². The summed E-state index contributed by atoms with van der Waals surface area (Å²) in [5, 5.41) is 7.21. The van der Waals surface area contributed by atoms with E-state index in [-0.39, 0.29) is 5.91 Å². The summed E-state index contributed by atoms with van der Waals surface area (Å²) in [6.07, 6.45) is 4.11. The van der Waals surface area contributed by atoms with E-state index in [0.29, 0.717) is 41.7 Å². The fourth-order valence-electron chi connectivity index (χ4n) is 5.93. The first-order valence-electron chi connectivity index (χ1n) is 10.5.